The number of rotatable bonds is 8. The lowest BCUT2D eigenvalue weighted by atomic mass is 10.2. The van der Waals surface area contributed by atoms with Gasteiger partial charge in [0.1, 0.15) is 23.3 Å². The number of aryl methyl sites for hydroxylation is 2. The van der Waals surface area contributed by atoms with Crippen LogP contribution in [0.4, 0.5) is 5.82 Å². The lowest BCUT2D eigenvalue weighted by Crippen LogP contribution is -2.17. The third kappa shape index (κ3) is 5.45. The molecule has 0 radical (unpaired) electrons. The van der Waals surface area contributed by atoms with Crippen LogP contribution in [0.5, 0.6) is 0 Å². The summed E-state index contributed by atoms with van der Waals surface area (Å²) in [5, 5.41) is 25.3. The van der Waals surface area contributed by atoms with Gasteiger partial charge in [-0.15, -0.1) is 22.0 Å². The molecule has 8 nitrogen and oxygen atoms in total. The highest BCUT2D eigenvalue weighted by Gasteiger charge is 2.17. The molecular formula is C23H21N7OS2. The summed E-state index contributed by atoms with van der Waals surface area (Å²) in [6.45, 7) is 2.07. The minimum absolute atomic E-state index is 0.117. The van der Waals surface area contributed by atoms with Crippen LogP contribution in [0.15, 0.2) is 70.8 Å². The second kappa shape index (κ2) is 10.4. The summed E-state index contributed by atoms with van der Waals surface area (Å²) in [6.07, 6.45) is 1.42. The van der Waals surface area contributed by atoms with Crippen molar-refractivity contribution in [2.24, 2.45) is 7.05 Å². The minimum Gasteiger partial charge on any atom is -0.309 e. The molecule has 0 unspecified atom stereocenters. The van der Waals surface area contributed by atoms with Gasteiger partial charge in [0.05, 0.1) is 17.7 Å². The number of nitrogens with zero attached hydrogens (tertiary/aromatic N) is 6. The average Bonchev–Trinajstić information content (AvgIpc) is 3.40. The van der Waals surface area contributed by atoms with Crippen LogP contribution in [0.1, 0.15) is 17.0 Å². The largest absolute Gasteiger partial charge is 0.309 e. The molecule has 0 aliphatic heterocycles. The number of para-hydroxylation sites is 1. The lowest BCUT2D eigenvalue weighted by Gasteiger charge is -2.10. The summed E-state index contributed by atoms with van der Waals surface area (Å²) in [5.74, 6) is 1.68. The molecule has 2 aromatic carbocycles. The molecule has 1 N–H and O–H groups in total. The Hall–Kier alpha value is -3.55. The van der Waals surface area contributed by atoms with Crippen molar-refractivity contribution in [1.82, 2.24) is 24.5 Å². The number of carbonyl (C=O) groups excluding carboxylic acids is 1. The van der Waals surface area contributed by atoms with Crippen molar-refractivity contribution in [2.75, 3.05) is 11.1 Å². The highest BCUT2D eigenvalue weighted by Crippen LogP contribution is 2.27. The quantitative estimate of drug-likeness (QED) is 0.381. The van der Waals surface area contributed by atoms with Crippen LogP contribution < -0.4 is 5.32 Å². The third-order valence-electron chi connectivity index (χ3n) is 4.75. The van der Waals surface area contributed by atoms with Crippen molar-refractivity contribution in [2.45, 2.75) is 22.7 Å². The number of anilines is 1. The number of aromatic nitrogens is 5. The van der Waals surface area contributed by atoms with E-state index in [2.05, 4.69) is 51.8 Å². The first kappa shape index (κ1) is 22.6. The van der Waals surface area contributed by atoms with Crippen LogP contribution in [-0.4, -0.2) is 36.2 Å². The van der Waals surface area contributed by atoms with Gasteiger partial charge in [-0.1, -0.05) is 47.7 Å². The predicted octanol–water partition coefficient (Wildman–Crippen LogP) is 4.20. The fourth-order valence-electron chi connectivity index (χ4n) is 3.07. The molecule has 4 rings (SSSR count). The lowest BCUT2D eigenvalue weighted by molar-refractivity contribution is -0.113. The molecular weight excluding hydrogens is 454 g/mol. The second-order valence-corrected chi connectivity index (χ2v) is 9.14. The van der Waals surface area contributed by atoms with Gasteiger partial charge in [-0.05, 0) is 31.2 Å². The summed E-state index contributed by atoms with van der Waals surface area (Å²) >= 11 is 2.98. The summed E-state index contributed by atoms with van der Waals surface area (Å²) in [7, 11) is 1.67. The van der Waals surface area contributed by atoms with E-state index in [4.69, 9.17) is 0 Å². The van der Waals surface area contributed by atoms with Gasteiger partial charge < -0.3 is 5.32 Å². The summed E-state index contributed by atoms with van der Waals surface area (Å²) in [5.41, 5.74) is 2.47. The molecule has 0 saturated carbocycles. The highest BCUT2D eigenvalue weighted by molar-refractivity contribution is 7.99. The second-order valence-electron chi connectivity index (χ2n) is 7.15. The SMILES string of the molecule is Cc1ccc(SCc2nnc(SCC(=O)Nc3c(C#N)cnn3C)n2-c2ccccc2)cc1. The van der Waals surface area contributed by atoms with Crippen molar-refractivity contribution in [3.8, 4) is 11.8 Å². The Morgan fingerprint density at radius 2 is 1.85 bits per heavy atom. The average molecular weight is 476 g/mol. The van der Waals surface area contributed by atoms with Gasteiger partial charge in [0.2, 0.25) is 5.91 Å². The van der Waals surface area contributed by atoms with E-state index in [1.807, 2.05) is 41.0 Å². The Kier molecular flexibility index (Phi) is 7.12. The molecule has 10 heteroatoms. The number of amides is 1. The van der Waals surface area contributed by atoms with Gasteiger partial charge in [0.15, 0.2) is 5.16 Å². The van der Waals surface area contributed by atoms with Gasteiger partial charge in [-0.3, -0.25) is 14.0 Å². The number of nitriles is 1. The maximum atomic E-state index is 12.6. The Balaban J connectivity index is 1.50. The summed E-state index contributed by atoms with van der Waals surface area (Å²) in [6, 6.07) is 20.2. The van der Waals surface area contributed by atoms with E-state index in [-0.39, 0.29) is 11.7 Å². The van der Waals surface area contributed by atoms with Gasteiger partial charge in [-0.25, -0.2) is 0 Å². The Morgan fingerprint density at radius 1 is 1.09 bits per heavy atom. The van der Waals surface area contributed by atoms with Crippen LogP contribution in [0.3, 0.4) is 0 Å². The molecule has 4 aromatic rings. The fraction of sp³-hybridized carbons (Fsp3) is 0.174. The molecule has 2 heterocycles. The van der Waals surface area contributed by atoms with Gasteiger partial charge in [0.25, 0.3) is 0 Å². The number of benzene rings is 2. The van der Waals surface area contributed by atoms with Crippen LogP contribution in [-0.2, 0) is 17.6 Å². The third-order valence-corrected chi connectivity index (χ3v) is 6.69. The monoisotopic (exact) mass is 475 g/mol. The number of hydrogen-bond acceptors (Lipinski definition) is 7. The van der Waals surface area contributed by atoms with E-state index in [1.165, 1.54) is 28.2 Å². The zero-order valence-corrected chi connectivity index (χ0v) is 19.7. The van der Waals surface area contributed by atoms with Crippen LogP contribution in [0, 0.1) is 18.3 Å². The first-order valence-corrected chi connectivity index (χ1v) is 12.1. The van der Waals surface area contributed by atoms with E-state index in [0.717, 1.165) is 16.4 Å². The molecule has 0 spiro atoms. The van der Waals surface area contributed by atoms with E-state index < -0.39 is 0 Å². The topological polar surface area (TPSA) is 101 Å². The predicted molar refractivity (Wildman–Crippen MR) is 129 cm³/mol. The normalized spacial score (nSPS) is 10.7. The number of nitrogens with one attached hydrogen (secondary N) is 1. The van der Waals surface area contributed by atoms with Gasteiger partial charge in [0, 0.05) is 17.6 Å². The summed E-state index contributed by atoms with van der Waals surface area (Å²) < 4.78 is 3.44. The van der Waals surface area contributed by atoms with E-state index in [1.54, 1.807) is 18.8 Å². The van der Waals surface area contributed by atoms with E-state index >= 15 is 0 Å². The molecule has 1 amide bonds. The van der Waals surface area contributed by atoms with Gasteiger partial charge in [-0.2, -0.15) is 10.4 Å². The Labute approximate surface area is 200 Å². The maximum Gasteiger partial charge on any atom is 0.236 e. The van der Waals surface area contributed by atoms with Crippen molar-refractivity contribution in [1.29, 1.82) is 5.26 Å². The summed E-state index contributed by atoms with van der Waals surface area (Å²) in [4.78, 5) is 13.7. The molecule has 0 aliphatic carbocycles. The van der Waals surface area contributed by atoms with Crippen LogP contribution in [0.2, 0.25) is 0 Å². The maximum absolute atomic E-state index is 12.6. The molecule has 0 fully saturated rings. The van der Waals surface area contributed by atoms with Crippen molar-refractivity contribution < 1.29 is 4.79 Å². The number of hydrogen-bond donors (Lipinski definition) is 1. The molecule has 0 atom stereocenters. The molecule has 0 aliphatic rings. The zero-order valence-electron chi connectivity index (χ0n) is 18.1. The Morgan fingerprint density at radius 3 is 2.58 bits per heavy atom. The first-order valence-electron chi connectivity index (χ1n) is 10.1. The standard InChI is InChI=1S/C23H21N7OS2/c1-16-8-10-19(11-9-16)32-14-20-27-28-23(30(20)18-6-4-3-5-7-18)33-15-21(31)26-22-17(12-24)13-25-29(22)2/h3-11,13H,14-15H2,1-2H3,(H,26,31). The number of carbonyl (C=O) groups is 1. The molecule has 0 bridgehead atoms. The first-order chi connectivity index (χ1) is 16.0. The zero-order chi connectivity index (χ0) is 23.2. The van der Waals surface area contributed by atoms with Crippen molar-refractivity contribution in [3.63, 3.8) is 0 Å². The number of thioether (sulfide) groups is 2. The van der Waals surface area contributed by atoms with Gasteiger partial charge >= 0.3 is 0 Å². The molecule has 166 valence electrons. The van der Waals surface area contributed by atoms with Crippen molar-refractivity contribution in [3.05, 3.63) is 77.7 Å². The molecule has 33 heavy (non-hydrogen) atoms. The van der Waals surface area contributed by atoms with E-state index in [0.29, 0.717) is 22.3 Å². The van der Waals surface area contributed by atoms with E-state index in [9.17, 15) is 10.1 Å². The Bertz CT molecular complexity index is 1290. The smallest absolute Gasteiger partial charge is 0.236 e. The fourth-order valence-corrected chi connectivity index (χ4v) is 4.65. The van der Waals surface area contributed by atoms with Crippen molar-refractivity contribution >= 4 is 35.2 Å². The van der Waals surface area contributed by atoms with Crippen LogP contribution in [0.25, 0.3) is 5.69 Å². The minimum atomic E-state index is -0.252. The highest BCUT2D eigenvalue weighted by atomic mass is 32.2. The van der Waals surface area contributed by atoms with Crippen LogP contribution >= 0.6 is 23.5 Å². The molecule has 0 saturated heterocycles. The molecule has 2 aromatic heterocycles.